The number of halogens is 2. The number of carbonyl (C=O) groups excluding carboxylic acids is 1. The molecule has 4 N–H and O–H groups in total. The summed E-state index contributed by atoms with van der Waals surface area (Å²) in [6.07, 6.45) is 7.32. The highest BCUT2D eigenvalue weighted by atomic mass is 35.5. The number of aromatic amines is 1. The Kier molecular flexibility index (Phi) is 7.09. The smallest absolute Gasteiger partial charge is 0.255 e. The average molecular weight is 488 g/mol. The molecule has 2 saturated carbocycles. The number of H-pyrrole nitrogens is 1. The number of aryl methyl sites for hydroxylation is 2. The van der Waals surface area contributed by atoms with Crippen LogP contribution < -0.4 is 15.8 Å². The van der Waals surface area contributed by atoms with Gasteiger partial charge in [0, 0.05) is 29.4 Å². The van der Waals surface area contributed by atoms with Crippen LogP contribution in [0.15, 0.2) is 18.5 Å². The fourth-order valence-electron chi connectivity index (χ4n) is 4.58. The Balaban J connectivity index is 0.00000274. The van der Waals surface area contributed by atoms with Crippen molar-refractivity contribution in [3.63, 3.8) is 0 Å². The molecule has 0 aliphatic heterocycles. The number of nitrogens with two attached hydrogens (primary N) is 1. The van der Waals surface area contributed by atoms with Gasteiger partial charge in [0.05, 0.1) is 17.7 Å². The molecule has 34 heavy (non-hydrogen) atoms. The van der Waals surface area contributed by atoms with E-state index in [4.69, 9.17) is 10.5 Å². The van der Waals surface area contributed by atoms with E-state index in [-0.39, 0.29) is 36.2 Å². The predicted molar refractivity (Wildman–Crippen MR) is 132 cm³/mol. The molecule has 182 valence electrons. The number of nitrogens with zero attached hydrogens (tertiary/aromatic N) is 2. The SMILES string of the molecule is Cc1cc(-c2ncnc3c(C(=O)N[C@H]4CC[C@@H](N)CC4)c(C)[nH]c23)c(OCC2CC2)cc1F.Cl. The van der Waals surface area contributed by atoms with Gasteiger partial charge in [-0.25, -0.2) is 14.4 Å². The second-order valence-electron chi connectivity index (χ2n) is 9.51. The molecule has 0 unspecified atom stereocenters. The number of amides is 1. The summed E-state index contributed by atoms with van der Waals surface area (Å²) in [5, 5.41) is 3.15. The number of hydrogen-bond acceptors (Lipinski definition) is 5. The van der Waals surface area contributed by atoms with Crippen molar-refractivity contribution in [2.45, 2.75) is 64.5 Å². The van der Waals surface area contributed by atoms with Crippen molar-refractivity contribution in [1.82, 2.24) is 20.3 Å². The molecule has 0 spiro atoms. The molecule has 9 heteroatoms. The first-order chi connectivity index (χ1) is 15.9. The first kappa shape index (κ1) is 24.4. The minimum absolute atomic E-state index is 0. The first-order valence-electron chi connectivity index (χ1n) is 11.7. The summed E-state index contributed by atoms with van der Waals surface area (Å²) in [5.41, 5.74) is 10.2. The van der Waals surface area contributed by atoms with Crippen molar-refractivity contribution in [2.75, 3.05) is 6.61 Å². The van der Waals surface area contributed by atoms with Gasteiger partial charge >= 0.3 is 0 Å². The number of ether oxygens (including phenoxy) is 1. The summed E-state index contributed by atoms with van der Waals surface area (Å²) in [4.78, 5) is 25.4. The molecule has 2 aliphatic carbocycles. The van der Waals surface area contributed by atoms with Crippen molar-refractivity contribution in [1.29, 1.82) is 0 Å². The minimum Gasteiger partial charge on any atom is -0.492 e. The zero-order chi connectivity index (χ0) is 23.1. The van der Waals surface area contributed by atoms with Gasteiger partial charge in [-0.15, -0.1) is 12.4 Å². The normalized spacial score (nSPS) is 20.1. The third-order valence-electron chi connectivity index (χ3n) is 6.79. The van der Waals surface area contributed by atoms with Crippen LogP contribution in [0.4, 0.5) is 4.39 Å². The standard InChI is InChI=1S/C25H30FN5O2.ClH/c1-13-9-18(20(10-19(13)26)33-11-15-3-4-15)22-24-23(29-12-28-22)21(14(2)30-24)25(32)31-17-7-5-16(27)6-8-17;/h9-10,12,15-17,30H,3-8,11,27H2,1-2H3,(H,31,32);1H/t16-,17+;. The van der Waals surface area contributed by atoms with E-state index in [1.807, 2.05) is 6.92 Å². The number of fused-ring (bicyclic) bond motifs is 1. The van der Waals surface area contributed by atoms with Crippen LogP contribution in [0.3, 0.4) is 0 Å². The van der Waals surface area contributed by atoms with Gasteiger partial charge in [-0.3, -0.25) is 4.79 Å². The molecule has 2 aromatic heterocycles. The maximum Gasteiger partial charge on any atom is 0.255 e. The molecule has 0 saturated heterocycles. The van der Waals surface area contributed by atoms with E-state index < -0.39 is 0 Å². The number of hydrogen-bond donors (Lipinski definition) is 3. The lowest BCUT2D eigenvalue weighted by atomic mass is 9.91. The summed E-state index contributed by atoms with van der Waals surface area (Å²) < 4.78 is 20.4. The van der Waals surface area contributed by atoms with E-state index in [0.29, 0.717) is 51.7 Å². The molecule has 2 aliphatic rings. The largest absolute Gasteiger partial charge is 0.492 e. The van der Waals surface area contributed by atoms with E-state index >= 15 is 0 Å². The molecule has 0 radical (unpaired) electrons. The Morgan fingerprint density at radius 1 is 1.18 bits per heavy atom. The van der Waals surface area contributed by atoms with Crippen LogP contribution in [0, 0.1) is 25.6 Å². The van der Waals surface area contributed by atoms with Crippen LogP contribution in [0.2, 0.25) is 0 Å². The third-order valence-corrected chi connectivity index (χ3v) is 6.79. The highest BCUT2D eigenvalue weighted by molar-refractivity contribution is 6.09. The Morgan fingerprint density at radius 3 is 2.62 bits per heavy atom. The van der Waals surface area contributed by atoms with Crippen molar-refractivity contribution >= 4 is 29.3 Å². The van der Waals surface area contributed by atoms with Gasteiger partial charge in [0.2, 0.25) is 0 Å². The summed E-state index contributed by atoms with van der Waals surface area (Å²) in [5.74, 6) is 0.529. The number of aromatic nitrogens is 3. The maximum absolute atomic E-state index is 14.4. The molecule has 7 nitrogen and oxygen atoms in total. The van der Waals surface area contributed by atoms with E-state index in [2.05, 4.69) is 20.3 Å². The van der Waals surface area contributed by atoms with E-state index in [1.54, 1.807) is 13.0 Å². The fraction of sp³-hybridized carbons (Fsp3) is 0.480. The lowest BCUT2D eigenvalue weighted by Crippen LogP contribution is -2.40. The van der Waals surface area contributed by atoms with Crippen LogP contribution in [0.5, 0.6) is 5.75 Å². The zero-order valence-electron chi connectivity index (χ0n) is 19.5. The van der Waals surface area contributed by atoms with Crippen LogP contribution in [-0.2, 0) is 0 Å². The molecule has 1 aromatic carbocycles. The first-order valence-corrected chi connectivity index (χ1v) is 11.7. The van der Waals surface area contributed by atoms with Crippen molar-refractivity contribution in [3.8, 4) is 17.0 Å². The monoisotopic (exact) mass is 487 g/mol. The maximum atomic E-state index is 14.4. The van der Waals surface area contributed by atoms with Gasteiger partial charge in [-0.1, -0.05) is 0 Å². The quantitative estimate of drug-likeness (QED) is 0.471. The molecule has 2 fully saturated rings. The van der Waals surface area contributed by atoms with Crippen LogP contribution in [0.1, 0.15) is 60.1 Å². The Bertz CT molecular complexity index is 1200. The number of rotatable bonds is 6. The van der Waals surface area contributed by atoms with Crippen molar-refractivity contribution in [3.05, 3.63) is 41.1 Å². The highest BCUT2D eigenvalue weighted by Crippen LogP contribution is 2.37. The number of carbonyl (C=O) groups is 1. The predicted octanol–water partition coefficient (Wildman–Crippen LogP) is 4.59. The van der Waals surface area contributed by atoms with Gasteiger partial charge in [0.1, 0.15) is 29.1 Å². The molecule has 0 bridgehead atoms. The lowest BCUT2D eigenvalue weighted by Gasteiger charge is -2.26. The van der Waals surface area contributed by atoms with Crippen molar-refractivity contribution in [2.24, 2.45) is 11.7 Å². The van der Waals surface area contributed by atoms with Crippen molar-refractivity contribution < 1.29 is 13.9 Å². The second-order valence-corrected chi connectivity index (χ2v) is 9.51. The Labute approximate surface area is 204 Å². The average Bonchev–Trinajstić information content (AvgIpc) is 3.55. The van der Waals surface area contributed by atoms with Crippen LogP contribution in [-0.4, -0.2) is 39.5 Å². The van der Waals surface area contributed by atoms with Crippen LogP contribution in [0.25, 0.3) is 22.3 Å². The molecule has 2 heterocycles. The molecule has 5 rings (SSSR count). The van der Waals surface area contributed by atoms with Gasteiger partial charge < -0.3 is 20.8 Å². The minimum atomic E-state index is -0.315. The molecular formula is C25H31ClFN5O2. The molecule has 0 atom stereocenters. The summed E-state index contributed by atoms with van der Waals surface area (Å²) >= 11 is 0. The Morgan fingerprint density at radius 2 is 1.91 bits per heavy atom. The lowest BCUT2D eigenvalue weighted by molar-refractivity contribution is 0.0927. The third kappa shape index (κ3) is 4.88. The zero-order valence-corrected chi connectivity index (χ0v) is 20.3. The topological polar surface area (TPSA) is 106 Å². The number of benzene rings is 1. The highest BCUT2D eigenvalue weighted by Gasteiger charge is 2.27. The van der Waals surface area contributed by atoms with E-state index in [0.717, 1.165) is 44.2 Å². The Hall–Kier alpha value is -2.71. The van der Waals surface area contributed by atoms with E-state index in [9.17, 15) is 9.18 Å². The second kappa shape index (κ2) is 9.88. The summed E-state index contributed by atoms with van der Waals surface area (Å²) in [7, 11) is 0. The van der Waals surface area contributed by atoms with Gasteiger partial charge in [-0.2, -0.15) is 0 Å². The molecule has 1 amide bonds. The summed E-state index contributed by atoms with van der Waals surface area (Å²) in [6, 6.07) is 3.52. The van der Waals surface area contributed by atoms with Gasteiger partial charge in [0.15, 0.2) is 0 Å². The van der Waals surface area contributed by atoms with Gasteiger partial charge in [0.25, 0.3) is 5.91 Å². The summed E-state index contributed by atoms with van der Waals surface area (Å²) in [6.45, 7) is 4.14. The number of nitrogens with one attached hydrogen (secondary N) is 2. The molecule has 3 aromatic rings. The van der Waals surface area contributed by atoms with E-state index in [1.165, 1.54) is 12.4 Å². The fourth-order valence-corrected chi connectivity index (χ4v) is 4.58. The molecular weight excluding hydrogens is 457 g/mol. The van der Waals surface area contributed by atoms with Gasteiger partial charge in [-0.05, 0) is 69.9 Å². The van der Waals surface area contributed by atoms with Crippen LogP contribution >= 0.6 is 12.4 Å².